The molecule has 1 saturated heterocycles. The van der Waals surface area contributed by atoms with Crippen LogP contribution >= 0.6 is 11.8 Å². The second kappa shape index (κ2) is 8.41. The molecule has 0 aromatic carbocycles. The van der Waals surface area contributed by atoms with Crippen molar-refractivity contribution in [2.24, 2.45) is 17.6 Å². The fourth-order valence-electron chi connectivity index (χ4n) is 3.99. The van der Waals surface area contributed by atoms with Gasteiger partial charge in [-0.15, -0.1) is 11.8 Å². The van der Waals surface area contributed by atoms with Gasteiger partial charge in [0, 0.05) is 22.8 Å². The van der Waals surface area contributed by atoms with E-state index in [4.69, 9.17) is 5.73 Å². The minimum atomic E-state index is -1.10. The van der Waals surface area contributed by atoms with Gasteiger partial charge in [0.05, 0.1) is 23.8 Å². The normalized spacial score (nSPS) is 25.4. The van der Waals surface area contributed by atoms with Gasteiger partial charge >= 0.3 is 5.97 Å². The van der Waals surface area contributed by atoms with E-state index < -0.39 is 18.0 Å². The fraction of sp³-hybridized carbons (Fsp3) is 0.526. The SMILES string of the molecule is C[C@@H](O)[C@H]1C(=O)N2C(C(=O)O)=C(SCc3ccccn3)[C@H](CCCCN)[C@H]12. The molecule has 1 fully saturated rings. The molecule has 0 bridgehead atoms. The lowest BCUT2D eigenvalue weighted by Crippen LogP contribution is -2.63. The van der Waals surface area contributed by atoms with Gasteiger partial charge in [0.1, 0.15) is 5.70 Å². The zero-order valence-corrected chi connectivity index (χ0v) is 16.1. The molecule has 3 rings (SSSR count). The summed E-state index contributed by atoms with van der Waals surface area (Å²) in [6, 6.07) is 5.33. The second-order valence-electron chi connectivity index (χ2n) is 6.98. The highest BCUT2D eigenvalue weighted by Crippen LogP contribution is 2.52. The molecule has 0 saturated carbocycles. The molecule has 4 atom stereocenters. The van der Waals surface area contributed by atoms with Gasteiger partial charge in [-0.3, -0.25) is 9.78 Å². The number of β-lactam (4-membered cyclic amide) rings is 1. The molecule has 1 aromatic heterocycles. The van der Waals surface area contributed by atoms with Gasteiger partial charge in [0.15, 0.2) is 0 Å². The Balaban J connectivity index is 1.89. The summed E-state index contributed by atoms with van der Waals surface area (Å²) in [6.07, 6.45) is 3.35. The Morgan fingerprint density at radius 3 is 2.78 bits per heavy atom. The number of carbonyl (C=O) groups excluding carboxylic acids is 1. The van der Waals surface area contributed by atoms with Gasteiger partial charge in [-0.05, 0) is 38.4 Å². The highest BCUT2D eigenvalue weighted by Gasteiger charge is 2.60. The maximum absolute atomic E-state index is 12.5. The number of hydrogen-bond donors (Lipinski definition) is 3. The van der Waals surface area contributed by atoms with Crippen LogP contribution in [0.25, 0.3) is 0 Å². The van der Waals surface area contributed by atoms with Gasteiger partial charge in [-0.1, -0.05) is 12.5 Å². The third-order valence-corrected chi connectivity index (χ3v) is 6.45. The molecule has 2 aliphatic rings. The van der Waals surface area contributed by atoms with E-state index in [-0.39, 0.29) is 23.6 Å². The quantitative estimate of drug-likeness (QED) is 0.432. The molecule has 0 spiro atoms. The third-order valence-electron chi connectivity index (χ3n) is 5.21. The number of fused-ring (bicyclic) bond motifs is 1. The van der Waals surface area contributed by atoms with E-state index in [0.717, 1.165) is 25.0 Å². The van der Waals surface area contributed by atoms with Crippen molar-refractivity contribution in [3.8, 4) is 0 Å². The summed E-state index contributed by atoms with van der Waals surface area (Å²) in [7, 11) is 0. The number of carboxylic acids is 1. The number of aliphatic hydroxyl groups excluding tert-OH is 1. The summed E-state index contributed by atoms with van der Waals surface area (Å²) in [5, 5.41) is 19.8. The van der Waals surface area contributed by atoms with Crippen LogP contribution in [0.2, 0.25) is 0 Å². The standard InChI is InChI=1S/C19H25N3O4S/c1-11(23)14-15-13(7-2-4-8-20)17(16(19(25)26)22(15)18(14)24)27-10-12-6-3-5-9-21-12/h3,5-6,9,11,13-15,23H,2,4,7-8,10,20H2,1H3,(H,25,26)/t11-,13-,14-,15-/m1/s1. The Morgan fingerprint density at radius 1 is 1.41 bits per heavy atom. The van der Waals surface area contributed by atoms with Crippen LogP contribution in [0.15, 0.2) is 35.0 Å². The van der Waals surface area contributed by atoms with Crippen LogP contribution in [-0.2, 0) is 15.3 Å². The van der Waals surface area contributed by atoms with Crippen LogP contribution in [0, 0.1) is 11.8 Å². The van der Waals surface area contributed by atoms with Crippen molar-refractivity contribution in [1.29, 1.82) is 0 Å². The fourth-order valence-corrected chi connectivity index (χ4v) is 5.26. The summed E-state index contributed by atoms with van der Waals surface area (Å²) in [5.41, 5.74) is 6.53. The van der Waals surface area contributed by atoms with Crippen molar-refractivity contribution in [3.63, 3.8) is 0 Å². The van der Waals surface area contributed by atoms with Gasteiger partial charge < -0.3 is 20.8 Å². The average Bonchev–Trinajstić information content (AvgIpc) is 2.91. The first-order valence-corrected chi connectivity index (χ1v) is 10.2. The lowest BCUT2D eigenvalue weighted by Gasteiger charge is -2.47. The Bertz CT molecular complexity index is 738. The summed E-state index contributed by atoms with van der Waals surface area (Å²) in [4.78, 5) is 30.9. The number of thioether (sulfide) groups is 1. The molecule has 8 heteroatoms. The minimum Gasteiger partial charge on any atom is -0.477 e. The summed E-state index contributed by atoms with van der Waals surface area (Å²) >= 11 is 1.43. The number of carboxylic acid groups (broad SMARTS) is 1. The molecule has 0 aliphatic carbocycles. The number of aliphatic carboxylic acids is 1. The van der Waals surface area contributed by atoms with Gasteiger partial charge in [0.2, 0.25) is 5.91 Å². The Hall–Kier alpha value is -1.90. The van der Waals surface area contributed by atoms with Crippen molar-refractivity contribution >= 4 is 23.6 Å². The first kappa shape index (κ1) is 19.9. The first-order chi connectivity index (χ1) is 13.0. The summed E-state index contributed by atoms with van der Waals surface area (Å²) < 4.78 is 0. The van der Waals surface area contributed by atoms with Crippen molar-refractivity contribution in [1.82, 2.24) is 9.88 Å². The lowest BCUT2D eigenvalue weighted by molar-refractivity contribution is -0.163. The molecule has 0 unspecified atom stereocenters. The van der Waals surface area contributed by atoms with Gasteiger partial charge in [0.25, 0.3) is 0 Å². The zero-order chi connectivity index (χ0) is 19.6. The number of hydrogen-bond acceptors (Lipinski definition) is 6. The van der Waals surface area contributed by atoms with E-state index in [1.165, 1.54) is 16.7 Å². The molecule has 4 N–H and O–H groups in total. The highest BCUT2D eigenvalue weighted by atomic mass is 32.2. The van der Waals surface area contributed by atoms with Crippen LogP contribution in [-0.4, -0.2) is 50.7 Å². The maximum atomic E-state index is 12.5. The van der Waals surface area contributed by atoms with E-state index in [9.17, 15) is 19.8 Å². The van der Waals surface area contributed by atoms with E-state index in [1.807, 2.05) is 18.2 Å². The summed E-state index contributed by atoms with van der Waals surface area (Å²) in [5.74, 6) is -1.50. The first-order valence-electron chi connectivity index (χ1n) is 9.18. The van der Waals surface area contributed by atoms with Crippen LogP contribution in [0.4, 0.5) is 0 Å². The van der Waals surface area contributed by atoms with Gasteiger partial charge in [-0.25, -0.2) is 4.79 Å². The van der Waals surface area contributed by atoms with Crippen LogP contribution in [0.1, 0.15) is 31.9 Å². The number of unbranched alkanes of at least 4 members (excludes halogenated alkanes) is 1. The number of nitrogens with two attached hydrogens (primary N) is 1. The van der Waals surface area contributed by atoms with Crippen molar-refractivity contribution in [2.45, 2.75) is 44.1 Å². The van der Waals surface area contributed by atoms with Crippen LogP contribution in [0.3, 0.4) is 0 Å². The molecular formula is C19H25N3O4S. The Morgan fingerprint density at radius 2 is 2.19 bits per heavy atom. The predicted octanol–water partition coefficient (Wildman–Crippen LogP) is 1.58. The van der Waals surface area contributed by atoms with Crippen molar-refractivity contribution in [2.75, 3.05) is 6.54 Å². The molecule has 7 nitrogen and oxygen atoms in total. The molecule has 27 heavy (non-hydrogen) atoms. The average molecular weight is 391 g/mol. The lowest BCUT2D eigenvalue weighted by atomic mass is 9.77. The summed E-state index contributed by atoms with van der Waals surface area (Å²) in [6.45, 7) is 2.17. The highest BCUT2D eigenvalue weighted by molar-refractivity contribution is 8.02. The monoisotopic (exact) mass is 391 g/mol. The molecule has 2 aliphatic heterocycles. The maximum Gasteiger partial charge on any atom is 0.353 e. The predicted molar refractivity (Wildman–Crippen MR) is 102 cm³/mol. The van der Waals surface area contributed by atoms with Crippen LogP contribution < -0.4 is 5.73 Å². The largest absolute Gasteiger partial charge is 0.477 e. The van der Waals surface area contributed by atoms with Crippen LogP contribution in [0.5, 0.6) is 0 Å². The minimum absolute atomic E-state index is 0.0700. The van der Waals surface area contributed by atoms with E-state index in [2.05, 4.69) is 4.98 Å². The molecule has 3 heterocycles. The van der Waals surface area contributed by atoms with Crippen molar-refractivity contribution < 1.29 is 19.8 Å². The second-order valence-corrected chi connectivity index (χ2v) is 8.00. The smallest absolute Gasteiger partial charge is 0.353 e. The number of nitrogens with zero attached hydrogens (tertiary/aromatic N) is 2. The number of rotatable bonds is 9. The third kappa shape index (κ3) is 3.74. The molecule has 1 aromatic rings. The number of aliphatic hydroxyl groups is 1. The van der Waals surface area contributed by atoms with Crippen molar-refractivity contribution in [3.05, 3.63) is 40.7 Å². The number of carbonyl (C=O) groups is 2. The molecular weight excluding hydrogens is 366 g/mol. The number of aromatic nitrogens is 1. The van der Waals surface area contributed by atoms with E-state index >= 15 is 0 Å². The Kier molecular flexibility index (Phi) is 6.18. The van der Waals surface area contributed by atoms with E-state index in [1.54, 1.807) is 13.1 Å². The zero-order valence-electron chi connectivity index (χ0n) is 15.2. The Labute approximate surface area is 162 Å². The molecule has 146 valence electrons. The number of pyridine rings is 1. The number of amides is 1. The van der Waals surface area contributed by atoms with E-state index in [0.29, 0.717) is 17.2 Å². The van der Waals surface area contributed by atoms with Gasteiger partial charge in [-0.2, -0.15) is 0 Å². The molecule has 1 amide bonds. The topological polar surface area (TPSA) is 117 Å². The molecule has 0 radical (unpaired) electrons.